The van der Waals surface area contributed by atoms with Gasteiger partial charge < -0.3 is 10.2 Å². The fourth-order valence-corrected chi connectivity index (χ4v) is 3.58. The van der Waals surface area contributed by atoms with Crippen LogP contribution in [0.5, 0.6) is 0 Å². The molecule has 2 rings (SSSR count). The number of unbranched alkanes of at least 4 members (excludes halogenated alkanes) is 3. The predicted octanol–water partition coefficient (Wildman–Crippen LogP) is 2.43. The Morgan fingerprint density at radius 2 is 1.90 bits per heavy atom. The molecule has 2 amide bonds. The second-order valence-corrected chi connectivity index (χ2v) is 7.17. The summed E-state index contributed by atoms with van der Waals surface area (Å²) in [5.41, 5.74) is 0. The molecule has 1 saturated heterocycles. The highest BCUT2D eigenvalue weighted by atomic mass is 32.2. The van der Waals surface area contributed by atoms with Crippen LogP contribution in [0, 0.1) is 5.92 Å². The van der Waals surface area contributed by atoms with Crippen LogP contribution in [0.25, 0.3) is 0 Å². The number of carbonyl (C=O) groups is 2. The number of hydrogen-bond acceptors (Lipinski definition) is 3. The molecule has 1 aliphatic heterocycles. The van der Waals surface area contributed by atoms with Gasteiger partial charge in [0.1, 0.15) is 12.1 Å². The summed E-state index contributed by atoms with van der Waals surface area (Å²) in [4.78, 5) is 26.6. The minimum absolute atomic E-state index is 0.0522. The number of amides is 2. The average Bonchev–Trinajstić information content (AvgIpc) is 3.30. The van der Waals surface area contributed by atoms with Crippen LogP contribution in [0.1, 0.15) is 51.9 Å². The molecular formula is C16H28N2O2S. The molecule has 1 saturated carbocycles. The van der Waals surface area contributed by atoms with Gasteiger partial charge in [-0.1, -0.05) is 19.8 Å². The highest BCUT2D eigenvalue weighted by molar-refractivity contribution is 7.98. The van der Waals surface area contributed by atoms with E-state index in [9.17, 15) is 9.59 Å². The molecule has 1 heterocycles. The largest absolute Gasteiger partial charge is 0.342 e. The molecule has 0 aromatic carbocycles. The Balaban J connectivity index is 1.83. The first-order chi connectivity index (χ1) is 10.2. The summed E-state index contributed by atoms with van der Waals surface area (Å²) in [7, 11) is 0. The van der Waals surface area contributed by atoms with Crippen molar-refractivity contribution in [3.63, 3.8) is 0 Å². The molecule has 2 atom stereocenters. The molecular weight excluding hydrogens is 284 g/mol. The van der Waals surface area contributed by atoms with E-state index >= 15 is 0 Å². The molecule has 0 radical (unpaired) electrons. The van der Waals surface area contributed by atoms with Gasteiger partial charge in [0, 0.05) is 6.54 Å². The monoisotopic (exact) mass is 312 g/mol. The first-order valence-electron chi connectivity index (χ1n) is 8.28. The molecule has 2 unspecified atom stereocenters. The summed E-state index contributed by atoms with van der Waals surface area (Å²) in [6.45, 7) is 2.73. The zero-order chi connectivity index (χ0) is 15.2. The smallest absolute Gasteiger partial charge is 0.246 e. The molecule has 1 aliphatic carbocycles. The summed E-state index contributed by atoms with van der Waals surface area (Å²) in [5, 5.41) is 2.94. The van der Waals surface area contributed by atoms with Gasteiger partial charge in [0.2, 0.25) is 11.8 Å². The first-order valence-corrected chi connectivity index (χ1v) is 9.68. The van der Waals surface area contributed by atoms with Gasteiger partial charge in [0.05, 0.1) is 0 Å². The van der Waals surface area contributed by atoms with Crippen LogP contribution in [-0.4, -0.2) is 47.4 Å². The zero-order valence-corrected chi connectivity index (χ0v) is 14.1. The van der Waals surface area contributed by atoms with Gasteiger partial charge in [-0.2, -0.15) is 11.8 Å². The van der Waals surface area contributed by atoms with Crippen LogP contribution in [0.4, 0.5) is 0 Å². The van der Waals surface area contributed by atoms with E-state index in [1.54, 1.807) is 0 Å². The minimum atomic E-state index is -0.251. The van der Waals surface area contributed by atoms with Crippen LogP contribution in [0.3, 0.4) is 0 Å². The lowest BCUT2D eigenvalue weighted by Crippen LogP contribution is -2.63. The fraction of sp³-hybridized carbons (Fsp3) is 0.875. The molecule has 21 heavy (non-hydrogen) atoms. The third kappa shape index (κ3) is 4.38. The number of carbonyl (C=O) groups excluding carboxylic acids is 2. The van der Waals surface area contributed by atoms with E-state index in [2.05, 4.69) is 11.6 Å². The van der Waals surface area contributed by atoms with Crippen molar-refractivity contribution < 1.29 is 9.59 Å². The fourth-order valence-electron chi connectivity index (χ4n) is 3.09. The lowest BCUT2D eigenvalue weighted by molar-refractivity contribution is -0.150. The van der Waals surface area contributed by atoms with E-state index in [1.807, 2.05) is 23.6 Å². The Hall–Kier alpha value is -0.710. The van der Waals surface area contributed by atoms with Gasteiger partial charge in [-0.05, 0) is 50.0 Å². The van der Waals surface area contributed by atoms with Crippen LogP contribution in [0.15, 0.2) is 0 Å². The highest BCUT2D eigenvalue weighted by Crippen LogP contribution is 2.35. The van der Waals surface area contributed by atoms with Crippen molar-refractivity contribution in [1.29, 1.82) is 0 Å². The minimum Gasteiger partial charge on any atom is -0.342 e. The molecule has 0 aromatic heterocycles. The van der Waals surface area contributed by atoms with Crippen molar-refractivity contribution in [2.45, 2.75) is 64.0 Å². The number of hydrogen-bond donors (Lipinski definition) is 1. The quantitative estimate of drug-likeness (QED) is 0.665. The van der Waals surface area contributed by atoms with Crippen molar-refractivity contribution in [3.05, 3.63) is 0 Å². The van der Waals surface area contributed by atoms with Gasteiger partial charge in [-0.15, -0.1) is 0 Å². The Morgan fingerprint density at radius 3 is 2.52 bits per heavy atom. The molecule has 1 N–H and O–H groups in total. The van der Waals surface area contributed by atoms with Crippen molar-refractivity contribution in [2.75, 3.05) is 18.6 Å². The number of piperazine rings is 1. The van der Waals surface area contributed by atoms with Crippen LogP contribution < -0.4 is 5.32 Å². The third-order valence-electron chi connectivity index (χ3n) is 4.50. The number of rotatable bonds is 9. The van der Waals surface area contributed by atoms with Crippen LogP contribution in [-0.2, 0) is 9.59 Å². The Kier molecular flexibility index (Phi) is 6.40. The third-order valence-corrected chi connectivity index (χ3v) is 5.20. The van der Waals surface area contributed by atoms with E-state index in [1.165, 1.54) is 18.6 Å². The molecule has 0 spiro atoms. The molecule has 120 valence electrons. The second kappa shape index (κ2) is 8.06. The van der Waals surface area contributed by atoms with Gasteiger partial charge in [-0.3, -0.25) is 9.59 Å². The Bertz CT molecular complexity index is 371. The molecule has 2 fully saturated rings. The topological polar surface area (TPSA) is 49.4 Å². The number of nitrogens with zero attached hydrogens (tertiary/aromatic N) is 1. The summed E-state index contributed by atoms with van der Waals surface area (Å²) in [6.07, 6.45) is 9.63. The standard InChI is InChI=1S/C16H28N2O2S/c1-3-13-15(19)17-14(12-8-9-12)16(20)18(13)10-6-4-5-7-11-21-2/h12-14H,3-11H2,1-2H3,(H,17,19). The van der Waals surface area contributed by atoms with E-state index in [-0.39, 0.29) is 23.9 Å². The SMILES string of the molecule is CCC1C(=O)NC(C2CC2)C(=O)N1CCCCCCSC. The zero-order valence-electron chi connectivity index (χ0n) is 13.3. The summed E-state index contributed by atoms with van der Waals surface area (Å²) < 4.78 is 0. The van der Waals surface area contributed by atoms with Crippen LogP contribution in [0.2, 0.25) is 0 Å². The Morgan fingerprint density at radius 1 is 1.19 bits per heavy atom. The second-order valence-electron chi connectivity index (χ2n) is 6.19. The molecule has 0 bridgehead atoms. The maximum Gasteiger partial charge on any atom is 0.246 e. The summed E-state index contributed by atoms with van der Waals surface area (Å²) >= 11 is 1.89. The van der Waals surface area contributed by atoms with Crippen molar-refractivity contribution in [2.24, 2.45) is 5.92 Å². The maximum atomic E-state index is 12.6. The lowest BCUT2D eigenvalue weighted by Gasteiger charge is -2.39. The lowest BCUT2D eigenvalue weighted by atomic mass is 10.0. The van der Waals surface area contributed by atoms with Gasteiger partial charge in [-0.25, -0.2) is 0 Å². The van der Waals surface area contributed by atoms with Crippen LogP contribution >= 0.6 is 11.8 Å². The Labute approximate surface area is 132 Å². The normalized spacial score (nSPS) is 26.1. The molecule has 2 aliphatic rings. The average molecular weight is 312 g/mol. The summed E-state index contributed by atoms with van der Waals surface area (Å²) in [5.74, 6) is 1.82. The molecule has 0 aromatic rings. The van der Waals surface area contributed by atoms with E-state index in [0.717, 1.165) is 32.2 Å². The van der Waals surface area contributed by atoms with Crippen molar-refractivity contribution in [1.82, 2.24) is 10.2 Å². The maximum absolute atomic E-state index is 12.6. The number of nitrogens with one attached hydrogen (secondary N) is 1. The van der Waals surface area contributed by atoms with E-state index < -0.39 is 0 Å². The first kappa shape index (κ1) is 16.7. The van der Waals surface area contributed by atoms with E-state index in [0.29, 0.717) is 12.3 Å². The van der Waals surface area contributed by atoms with Crippen molar-refractivity contribution in [3.8, 4) is 0 Å². The van der Waals surface area contributed by atoms with Gasteiger partial charge >= 0.3 is 0 Å². The predicted molar refractivity (Wildman–Crippen MR) is 87.3 cm³/mol. The highest BCUT2D eigenvalue weighted by Gasteiger charge is 2.45. The van der Waals surface area contributed by atoms with E-state index in [4.69, 9.17) is 0 Å². The van der Waals surface area contributed by atoms with Gasteiger partial charge in [0.15, 0.2) is 0 Å². The molecule has 5 heteroatoms. The van der Waals surface area contributed by atoms with Gasteiger partial charge in [0.25, 0.3) is 0 Å². The number of thioether (sulfide) groups is 1. The summed E-state index contributed by atoms with van der Waals surface area (Å²) in [6, 6.07) is -0.490. The molecule has 4 nitrogen and oxygen atoms in total. The van der Waals surface area contributed by atoms with Crippen molar-refractivity contribution >= 4 is 23.6 Å².